The molecule has 3 aromatic rings. The predicted molar refractivity (Wildman–Crippen MR) is 114 cm³/mol. The highest BCUT2D eigenvalue weighted by atomic mass is 32.2. The number of hydrogen-bond donors (Lipinski definition) is 2. The number of hydrogen-bond acceptors (Lipinski definition) is 9. The van der Waals surface area contributed by atoms with Crippen molar-refractivity contribution in [1.29, 1.82) is 0 Å². The molecule has 11 heteroatoms. The first-order valence-corrected chi connectivity index (χ1v) is 10.7. The van der Waals surface area contributed by atoms with Gasteiger partial charge in [0.25, 0.3) is 11.1 Å². The zero-order valence-corrected chi connectivity index (χ0v) is 18.1. The Kier molecular flexibility index (Phi) is 6.45. The van der Waals surface area contributed by atoms with Gasteiger partial charge in [-0.25, -0.2) is 9.59 Å². The minimum absolute atomic E-state index is 0.197. The van der Waals surface area contributed by atoms with Crippen LogP contribution in [0, 0.1) is 0 Å². The Morgan fingerprint density at radius 1 is 1.22 bits per heavy atom. The van der Waals surface area contributed by atoms with Gasteiger partial charge in [-0.3, -0.25) is 0 Å². The van der Waals surface area contributed by atoms with Gasteiger partial charge in [0.2, 0.25) is 0 Å². The molecule has 0 fully saturated rings. The summed E-state index contributed by atoms with van der Waals surface area (Å²) in [5.41, 5.74) is 1.41. The lowest BCUT2D eigenvalue weighted by Gasteiger charge is -2.29. The fraction of sp³-hybridized carbons (Fsp3) is 0.238. The van der Waals surface area contributed by atoms with Crippen LogP contribution in [0.5, 0.6) is 5.75 Å². The van der Waals surface area contributed by atoms with Gasteiger partial charge in [-0.05, 0) is 36.8 Å². The van der Waals surface area contributed by atoms with Gasteiger partial charge < -0.3 is 28.9 Å². The van der Waals surface area contributed by atoms with E-state index in [9.17, 15) is 9.59 Å². The molecule has 0 radical (unpaired) electrons. The van der Waals surface area contributed by atoms with Crippen molar-refractivity contribution in [2.75, 3.05) is 19.5 Å². The summed E-state index contributed by atoms with van der Waals surface area (Å²) in [6, 6.07) is 9.38. The highest BCUT2D eigenvalue weighted by molar-refractivity contribution is 7.99. The van der Waals surface area contributed by atoms with Gasteiger partial charge in [-0.2, -0.15) is 0 Å². The van der Waals surface area contributed by atoms with Crippen molar-refractivity contribution >= 4 is 23.8 Å². The topological polar surface area (TPSA) is 129 Å². The molecule has 2 N–H and O–H groups in total. The molecule has 0 unspecified atom stereocenters. The molecule has 0 aliphatic carbocycles. The zero-order chi connectivity index (χ0) is 22.5. The normalized spacial score (nSPS) is 15.8. The number of urea groups is 1. The Bertz CT molecular complexity index is 1120. The second-order valence-corrected chi connectivity index (χ2v) is 7.48. The van der Waals surface area contributed by atoms with E-state index >= 15 is 0 Å². The first kappa shape index (κ1) is 21.5. The van der Waals surface area contributed by atoms with E-state index in [4.69, 9.17) is 18.3 Å². The third kappa shape index (κ3) is 4.62. The largest absolute Gasteiger partial charge is 0.497 e. The van der Waals surface area contributed by atoms with Crippen molar-refractivity contribution in [3.63, 3.8) is 0 Å². The maximum Gasteiger partial charge on any atom is 0.338 e. The van der Waals surface area contributed by atoms with Crippen LogP contribution in [0.2, 0.25) is 0 Å². The lowest BCUT2D eigenvalue weighted by Crippen LogP contribution is -2.46. The van der Waals surface area contributed by atoms with Gasteiger partial charge in [0.1, 0.15) is 5.75 Å². The third-order valence-corrected chi connectivity index (χ3v) is 5.42. The first-order chi connectivity index (χ1) is 15.6. The van der Waals surface area contributed by atoms with Crippen molar-refractivity contribution in [1.82, 2.24) is 20.8 Å². The quantitative estimate of drug-likeness (QED) is 0.387. The Morgan fingerprint density at radius 3 is 2.72 bits per heavy atom. The van der Waals surface area contributed by atoms with Crippen molar-refractivity contribution in [2.24, 2.45) is 0 Å². The van der Waals surface area contributed by atoms with Crippen LogP contribution in [0.3, 0.4) is 0 Å². The van der Waals surface area contributed by atoms with Crippen LogP contribution in [0.4, 0.5) is 4.79 Å². The number of benzene rings is 1. The number of amides is 2. The van der Waals surface area contributed by atoms with Gasteiger partial charge in [0.05, 0.1) is 31.6 Å². The molecule has 2 amide bonds. The highest BCUT2D eigenvalue weighted by Crippen LogP contribution is 2.32. The second-order valence-electron chi connectivity index (χ2n) is 6.56. The number of carbonyl (C=O) groups excluding carboxylic acids is 2. The standard InChI is InChI=1S/C21H20N4O6S/c1-3-29-19(26)16-14(11-32-21-25-24-18(31-21)15-5-4-10-30-15)22-20(27)23-17(16)12-6-8-13(28-2)9-7-12/h4-10,17H,3,11H2,1-2H3,(H2,22,23,27)/t17-/m0/s1. The average molecular weight is 456 g/mol. The van der Waals surface area contributed by atoms with Crippen molar-refractivity contribution < 1.29 is 27.9 Å². The molecule has 1 aromatic carbocycles. The van der Waals surface area contributed by atoms with Crippen LogP contribution in [-0.4, -0.2) is 41.7 Å². The number of methoxy groups -OCH3 is 1. The Labute approximate surface area is 187 Å². The number of rotatable bonds is 8. The molecule has 1 aliphatic heterocycles. The van der Waals surface area contributed by atoms with Crippen molar-refractivity contribution in [3.8, 4) is 17.4 Å². The molecule has 3 heterocycles. The lowest BCUT2D eigenvalue weighted by atomic mass is 9.95. The van der Waals surface area contributed by atoms with E-state index in [-0.39, 0.29) is 23.5 Å². The van der Waals surface area contributed by atoms with E-state index in [1.165, 1.54) is 18.0 Å². The second kappa shape index (κ2) is 9.60. The molecule has 166 valence electrons. The summed E-state index contributed by atoms with van der Waals surface area (Å²) in [5.74, 6) is 1.02. The number of furan rings is 1. The molecule has 1 aliphatic rings. The first-order valence-electron chi connectivity index (χ1n) is 9.70. The highest BCUT2D eigenvalue weighted by Gasteiger charge is 2.34. The van der Waals surface area contributed by atoms with Gasteiger partial charge in [-0.1, -0.05) is 23.9 Å². The number of carbonyl (C=O) groups is 2. The maximum absolute atomic E-state index is 12.8. The van der Waals surface area contributed by atoms with Crippen LogP contribution in [0.1, 0.15) is 18.5 Å². The van der Waals surface area contributed by atoms with Gasteiger partial charge in [-0.15, -0.1) is 10.2 Å². The van der Waals surface area contributed by atoms with E-state index in [0.29, 0.717) is 28.3 Å². The third-order valence-electron chi connectivity index (χ3n) is 4.58. The summed E-state index contributed by atoms with van der Waals surface area (Å²) in [5, 5.41) is 13.7. The Morgan fingerprint density at radius 2 is 2.03 bits per heavy atom. The number of nitrogens with one attached hydrogen (secondary N) is 2. The molecule has 1 atom stereocenters. The van der Waals surface area contributed by atoms with Crippen molar-refractivity contribution in [3.05, 3.63) is 59.5 Å². The van der Waals surface area contributed by atoms with E-state index in [2.05, 4.69) is 20.8 Å². The molecular formula is C21H20N4O6S. The number of thioether (sulfide) groups is 1. The lowest BCUT2D eigenvalue weighted by molar-refractivity contribution is -0.139. The monoisotopic (exact) mass is 456 g/mol. The molecular weight excluding hydrogens is 436 g/mol. The van der Waals surface area contributed by atoms with Crippen LogP contribution in [-0.2, 0) is 9.53 Å². The molecule has 2 aromatic heterocycles. The predicted octanol–water partition coefficient (Wildman–Crippen LogP) is 3.30. The molecule has 32 heavy (non-hydrogen) atoms. The summed E-state index contributed by atoms with van der Waals surface area (Å²) in [6.45, 7) is 1.92. The summed E-state index contributed by atoms with van der Waals surface area (Å²) >= 11 is 1.18. The summed E-state index contributed by atoms with van der Waals surface area (Å²) in [4.78, 5) is 25.2. The van der Waals surface area contributed by atoms with Gasteiger partial charge >= 0.3 is 12.0 Å². The van der Waals surface area contributed by atoms with E-state index in [1.54, 1.807) is 50.4 Å². The van der Waals surface area contributed by atoms with Crippen LogP contribution >= 0.6 is 11.8 Å². The number of aromatic nitrogens is 2. The summed E-state index contributed by atoms with van der Waals surface area (Å²) in [6.07, 6.45) is 1.51. The van der Waals surface area contributed by atoms with Crippen LogP contribution in [0.15, 0.2) is 68.0 Å². The Balaban J connectivity index is 1.62. The smallest absolute Gasteiger partial charge is 0.338 e. The maximum atomic E-state index is 12.8. The van der Waals surface area contributed by atoms with Gasteiger partial charge in [0, 0.05) is 11.4 Å². The fourth-order valence-electron chi connectivity index (χ4n) is 3.13. The van der Waals surface area contributed by atoms with Crippen LogP contribution in [0.25, 0.3) is 11.7 Å². The molecule has 10 nitrogen and oxygen atoms in total. The molecule has 0 spiro atoms. The summed E-state index contributed by atoms with van der Waals surface area (Å²) < 4.78 is 21.3. The van der Waals surface area contributed by atoms with E-state index in [0.717, 1.165) is 0 Å². The summed E-state index contributed by atoms with van der Waals surface area (Å²) in [7, 11) is 1.56. The van der Waals surface area contributed by atoms with Crippen LogP contribution < -0.4 is 15.4 Å². The van der Waals surface area contributed by atoms with E-state index in [1.807, 2.05) is 0 Å². The SMILES string of the molecule is CCOC(=O)C1=C(CSc2nnc(-c3ccco3)o2)NC(=O)N[C@H]1c1ccc(OC)cc1. The fourth-order valence-corrected chi connectivity index (χ4v) is 3.86. The van der Waals surface area contributed by atoms with Gasteiger partial charge in [0.15, 0.2) is 5.76 Å². The molecule has 0 saturated heterocycles. The van der Waals surface area contributed by atoms with Crippen molar-refractivity contribution in [2.45, 2.75) is 18.2 Å². The number of ether oxygens (including phenoxy) is 2. The Hall–Kier alpha value is -3.73. The average Bonchev–Trinajstić information content (AvgIpc) is 3.49. The number of nitrogens with zero attached hydrogens (tertiary/aromatic N) is 2. The minimum Gasteiger partial charge on any atom is -0.497 e. The molecule has 0 saturated carbocycles. The molecule has 4 rings (SSSR count). The number of esters is 1. The molecule has 0 bridgehead atoms. The minimum atomic E-state index is -0.689. The van der Waals surface area contributed by atoms with E-state index < -0.39 is 18.0 Å². The zero-order valence-electron chi connectivity index (χ0n) is 17.3.